The van der Waals surface area contributed by atoms with Crippen LogP contribution in [0.5, 0.6) is 0 Å². The Labute approximate surface area is 105 Å². The molecule has 0 saturated heterocycles. The second-order valence-electron chi connectivity index (χ2n) is 4.57. The number of aliphatic hydroxyl groups is 1. The highest BCUT2D eigenvalue weighted by molar-refractivity contribution is 5.87. The molecule has 0 aliphatic heterocycles. The number of hydrogen-bond donors (Lipinski definition) is 3. The number of nitrogens with one attached hydrogen (secondary N) is 1. The Hall–Kier alpha value is -1.46. The van der Waals surface area contributed by atoms with E-state index in [1.807, 2.05) is 6.92 Å². The van der Waals surface area contributed by atoms with Crippen LogP contribution in [0, 0.1) is 5.82 Å². The van der Waals surface area contributed by atoms with E-state index in [2.05, 4.69) is 5.32 Å². The summed E-state index contributed by atoms with van der Waals surface area (Å²) >= 11 is 0. The van der Waals surface area contributed by atoms with Crippen molar-refractivity contribution in [1.29, 1.82) is 0 Å². The lowest BCUT2D eigenvalue weighted by Crippen LogP contribution is -2.36. The molecule has 0 saturated carbocycles. The Morgan fingerprint density at radius 3 is 2.67 bits per heavy atom. The first-order valence-corrected chi connectivity index (χ1v) is 5.80. The summed E-state index contributed by atoms with van der Waals surface area (Å²) in [6.45, 7) is 4.37. The van der Waals surface area contributed by atoms with Gasteiger partial charge in [0.2, 0.25) is 0 Å². The minimum Gasteiger partial charge on any atom is -0.478 e. The van der Waals surface area contributed by atoms with E-state index < -0.39 is 17.4 Å². The van der Waals surface area contributed by atoms with Gasteiger partial charge in [-0.15, -0.1) is 0 Å². The minimum atomic E-state index is -1.28. The molecule has 1 unspecified atom stereocenters. The molecular weight excluding hydrogens is 237 g/mol. The van der Waals surface area contributed by atoms with Crippen LogP contribution >= 0.6 is 0 Å². The molecule has 1 aromatic carbocycles. The Balaban J connectivity index is 2.59. The third kappa shape index (κ3) is 4.09. The maximum atomic E-state index is 13.4. The molecule has 1 atom stereocenters. The minimum absolute atomic E-state index is 0.334. The van der Waals surface area contributed by atoms with Crippen molar-refractivity contribution in [2.24, 2.45) is 0 Å². The number of benzene rings is 1. The van der Waals surface area contributed by atoms with Crippen LogP contribution in [-0.4, -0.2) is 28.3 Å². The summed E-state index contributed by atoms with van der Waals surface area (Å²) in [5.41, 5.74) is -0.483. The highest BCUT2D eigenvalue weighted by Gasteiger charge is 2.16. The smallest absolute Gasteiger partial charge is 0.338 e. The molecule has 0 heterocycles. The van der Waals surface area contributed by atoms with Crippen molar-refractivity contribution < 1.29 is 19.4 Å². The molecule has 0 amide bonds. The first-order valence-electron chi connectivity index (χ1n) is 5.80. The van der Waals surface area contributed by atoms with E-state index in [9.17, 15) is 14.3 Å². The van der Waals surface area contributed by atoms with Gasteiger partial charge in [0, 0.05) is 13.1 Å². The third-order valence-corrected chi connectivity index (χ3v) is 2.86. The van der Waals surface area contributed by atoms with Crippen LogP contribution in [0.15, 0.2) is 18.2 Å². The maximum absolute atomic E-state index is 13.4. The fourth-order valence-electron chi connectivity index (χ4n) is 1.44. The predicted octanol–water partition coefficient (Wildman–Crippen LogP) is 1.77. The van der Waals surface area contributed by atoms with Crippen molar-refractivity contribution in [3.63, 3.8) is 0 Å². The Morgan fingerprint density at radius 2 is 2.17 bits per heavy atom. The fourth-order valence-corrected chi connectivity index (χ4v) is 1.44. The van der Waals surface area contributed by atoms with Gasteiger partial charge in [0.15, 0.2) is 0 Å². The van der Waals surface area contributed by atoms with E-state index in [1.165, 1.54) is 12.1 Å². The summed E-state index contributed by atoms with van der Waals surface area (Å²) in [7, 11) is 0. The summed E-state index contributed by atoms with van der Waals surface area (Å²) in [5, 5.41) is 21.4. The molecule has 0 radical (unpaired) electrons. The molecule has 18 heavy (non-hydrogen) atoms. The van der Waals surface area contributed by atoms with Crippen LogP contribution in [0.1, 0.15) is 36.2 Å². The quantitative estimate of drug-likeness (QED) is 0.724. The van der Waals surface area contributed by atoms with Crippen molar-refractivity contribution in [2.75, 3.05) is 6.54 Å². The Kier molecular flexibility index (Phi) is 4.81. The van der Waals surface area contributed by atoms with Crippen molar-refractivity contribution >= 4 is 5.97 Å². The SMILES string of the molecule is CCC(C)(O)CNCc1ccc(C(=O)O)c(F)c1. The summed E-state index contributed by atoms with van der Waals surface area (Å²) in [6, 6.07) is 3.99. The van der Waals surface area contributed by atoms with E-state index in [0.717, 1.165) is 0 Å². The summed E-state index contributed by atoms with van der Waals surface area (Å²) in [6.07, 6.45) is 0.617. The van der Waals surface area contributed by atoms with E-state index in [4.69, 9.17) is 5.11 Å². The molecule has 100 valence electrons. The van der Waals surface area contributed by atoms with E-state index in [-0.39, 0.29) is 5.56 Å². The molecule has 0 aliphatic rings. The standard InChI is InChI=1S/C13H18FNO3/c1-3-13(2,18)8-15-7-9-4-5-10(12(16)17)11(14)6-9/h4-6,15,18H,3,7-8H2,1-2H3,(H,16,17). The van der Waals surface area contributed by atoms with Gasteiger partial charge in [-0.2, -0.15) is 0 Å². The third-order valence-electron chi connectivity index (χ3n) is 2.86. The molecule has 0 bridgehead atoms. The first-order chi connectivity index (χ1) is 8.35. The van der Waals surface area contributed by atoms with Gasteiger partial charge in [-0.3, -0.25) is 0 Å². The van der Waals surface area contributed by atoms with Crippen molar-refractivity contribution in [3.05, 3.63) is 35.1 Å². The van der Waals surface area contributed by atoms with Crippen LogP contribution in [0.4, 0.5) is 4.39 Å². The van der Waals surface area contributed by atoms with Gasteiger partial charge < -0.3 is 15.5 Å². The highest BCUT2D eigenvalue weighted by Crippen LogP contribution is 2.11. The van der Waals surface area contributed by atoms with Gasteiger partial charge >= 0.3 is 5.97 Å². The zero-order valence-electron chi connectivity index (χ0n) is 10.5. The second-order valence-corrected chi connectivity index (χ2v) is 4.57. The predicted molar refractivity (Wildman–Crippen MR) is 66.0 cm³/mol. The van der Waals surface area contributed by atoms with E-state index in [0.29, 0.717) is 25.1 Å². The van der Waals surface area contributed by atoms with Crippen LogP contribution < -0.4 is 5.32 Å². The molecule has 0 aliphatic carbocycles. The molecular formula is C13H18FNO3. The lowest BCUT2D eigenvalue weighted by atomic mass is 10.0. The molecule has 1 rings (SSSR count). The maximum Gasteiger partial charge on any atom is 0.338 e. The number of carboxylic acids is 1. The molecule has 3 N–H and O–H groups in total. The highest BCUT2D eigenvalue weighted by atomic mass is 19.1. The van der Waals surface area contributed by atoms with Gasteiger partial charge in [-0.25, -0.2) is 9.18 Å². The normalized spacial score (nSPS) is 14.2. The van der Waals surface area contributed by atoms with Crippen LogP contribution in [0.3, 0.4) is 0 Å². The topological polar surface area (TPSA) is 69.6 Å². The van der Waals surface area contributed by atoms with Crippen molar-refractivity contribution in [1.82, 2.24) is 5.32 Å². The van der Waals surface area contributed by atoms with Gasteiger partial charge in [-0.05, 0) is 31.0 Å². The molecule has 5 heteroatoms. The number of aromatic carboxylic acids is 1. The average molecular weight is 255 g/mol. The van der Waals surface area contributed by atoms with Gasteiger partial charge in [0.1, 0.15) is 5.82 Å². The number of halogens is 1. The van der Waals surface area contributed by atoms with Crippen LogP contribution in [0.25, 0.3) is 0 Å². The largest absolute Gasteiger partial charge is 0.478 e. The van der Waals surface area contributed by atoms with Crippen LogP contribution in [0.2, 0.25) is 0 Å². The summed E-state index contributed by atoms with van der Waals surface area (Å²) in [4.78, 5) is 10.6. The second kappa shape index (κ2) is 5.93. The zero-order chi connectivity index (χ0) is 13.8. The van der Waals surface area contributed by atoms with Crippen molar-refractivity contribution in [3.8, 4) is 0 Å². The van der Waals surface area contributed by atoms with Gasteiger partial charge in [-0.1, -0.05) is 13.0 Å². The lowest BCUT2D eigenvalue weighted by molar-refractivity contribution is 0.0555. The lowest BCUT2D eigenvalue weighted by Gasteiger charge is -2.21. The fraction of sp³-hybridized carbons (Fsp3) is 0.462. The molecule has 0 aromatic heterocycles. The molecule has 0 fully saturated rings. The van der Waals surface area contributed by atoms with Gasteiger partial charge in [0.05, 0.1) is 11.2 Å². The molecule has 4 nitrogen and oxygen atoms in total. The number of rotatable bonds is 6. The Bertz CT molecular complexity index is 432. The Morgan fingerprint density at radius 1 is 1.50 bits per heavy atom. The molecule has 1 aromatic rings. The average Bonchev–Trinajstić information content (AvgIpc) is 2.28. The first kappa shape index (κ1) is 14.6. The van der Waals surface area contributed by atoms with E-state index in [1.54, 1.807) is 13.0 Å². The molecule has 0 spiro atoms. The van der Waals surface area contributed by atoms with Crippen molar-refractivity contribution in [2.45, 2.75) is 32.4 Å². The monoisotopic (exact) mass is 255 g/mol. The summed E-state index contributed by atoms with van der Waals surface area (Å²) < 4.78 is 13.4. The number of hydrogen-bond acceptors (Lipinski definition) is 3. The zero-order valence-corrected chi connectivity index (χ0v) is 10.5. The van der Waals surface area contributed by atoms with Crippen LogP contribution in [-0.2, 0) is 6.54 Å². The summed E-state index contributed by atoms with van der Waals surface area (Å²) in [5.74, 6) is -2.02. The van der Waals surface area contributed by atoms with Gasteiger partial charge in [0.25, 0.3) is 0 Å². The number of carbonyl (C=O) groups is 1. The number of carboxylic acid groups (broad SMARTS) is 1. The van der Waals surface area contributed by atoms with E-state index >= 15 is 0 Å².